The van der Waals surface area contributed by atoms with Crippen molar-refractivity contribution in [3.8, 4) is 0 Å². The Balaban J connectivity index is 1.37. The van der Waals surface area contributed by atoms with Crippen LogP contribution in [0.15, 0.2) is 52.4 Å². The Morgan fingerprint density at radius 3 is 2.71 bits per heavy atom. The number of hydrogen-bond donors (Lipinski definition) is 1. The molecular weight excluding hydrogens is 380 g/mol. The summed E-state index contributed by atoms with van der Waals surface area (Å²) in [6, 6.07) is 11.9. The van der Waals surface area contributed by atoms with Crippen molar-refractivity contribution >= 4 is 27.6 Å². The summed E-state index contributed by atoms with van der Waals surface area (Å²) >= 11 is 0. The average molecular weight is 398 g/mol. The summed E-state index contributed by atoms with van der Waals surface area (Å²) in [7, 11) is -3.66. The van der Waals surface area contributed by atoms with Gasteiger partial charge in [-0.1, -0.05) is 24.3 Å². The first kappa shape index (κ1) is 18.4. The number of carbonyl (C=O) groups is 2. The first-order valence-electron chi connectivity index (χ1n) is 8.91. The van der Waals surface area contributed by atoms with Gasteiger partial charge in [-0.2, -0.15) is 0 Å². The molecule has 0 aromatic heterocycles. The first-order valence-corrected chi connectivity index (χ1v) is 10.4. The van der Waals surface area contributed by atoms with Crippen LogP contribution >= 0.6 is 0 Å². The third kappa shape index (κ3) is 3.55. The number of nitrogens with one attached hydrogen (secondary N) is 1. The van der Waals surface area contributed by atoms with Crippen LogP contribution in [0.1, 0.15) is 33.5 Å². The van der Waals surface area contributed by atoms with Gasteiger partial charge in [0.1, 0.15) is 12.4 Å². The van der Waals surface area contributed by atoms with Crippen molar-refractivity contribution in [2.24, 2.45) is 4.99 Å². The molecule has 0 saturated heterocycles. The molecule has 7 nitrogen and oxygen atoms in total. The number of carbonyl (C=O) groups excluding carboxylic acids is 2. The molecule has 144 valence electrons. The fourth-order valence-corrected chi connectivity index (χ4v) is 4.67. The lowest BCUT2D eigenvalue weighted by Gasteiger charge is -2.05. The summed E-state index contributed by atoms with van der Waals surface area (Å²) in [5.41, 5.74) is 3.38. The minimum Gasteiger partial charge on any atom is -0.456 e. The van der Waals surface area contributed by atoms with E-state index in [9.17, 15) is 18.0 Å². The number of hydrogen-bond acceptors (Lipinski definition) is 6. The maximum Gasteiger partial charge on any atom is 0.328 e. The van der Waals surface area contributed by atoms with E-state index in [-0.39, 0.29) is 29.7 Å². The van der Waals surface area contributed by atoms with Gasteiger partial charge in [0.25, 0.3) is 10.0 Å². The summed E-state index contributed by atoms with van der Waals surface area (Å²) in [6.07, 6.45) is 3.09. The second kappa shape index (κ2) is 7.20. The van der Waals surface area contributed by atoms with E-state index in [1.165, 1.54) is 17.2 Å². The smallest absolute Gasteiger partial charge is 0.328 e. The molecule has 0 radical (unpaired) electrons. The molecular formula is C20H18N2O5S. The Hall–Kier alpha value is -3.00. The number of sulfonamides is 1. The normalized spacial score (nSPS) is 17.6. The van der Waals surface area contributed by atoms with Crippen LogP contribution in [-0.2, 0) is 32.4 Å². The highest BCUT2D eigenvalue weighted by atomic mass is 32.2. The number of nitrogens with zero attached hydrogens (tertiary/aromatic N) is 1. The molecule has 8 heteroatoms. The molecule has 4 rings (SSSR count). The number of benzene rings is 2. The van der Waals surface area contributed by atoms with Gasteiger partial charge in [0.2, 0.25) is 0 Å². The number of rotatable bonds is 5. The third-order valence-corrected chi connectivity index (χ3v) is 6.21. The number of amidine groups is 1. The van der Waals surface area contributed by atoms with Crippen molar-refractivity contribution in [2.75, 3.05) is 13.2 Å². The van der Waals surface area contributed by atoms with Gasteiger partial charge in [0.15, 0.2) is 12.4 Å². The Kier molecular flexibility index (Phi) is 4.72. The second-order valence-corrected chi connectivity index (χ2v) is 8.34. The van der Waals surface area contributed by atoms with E-state index in [1.54, 1.807) is 24.3 Å². The minimum absolute atomic E-state index is 0.0949. The zero-order chi connectivity index (χ0) is 19.7. The molecule has 2 aromatic carbocycles. The number of fused-ring (bicyclic) bond motifs is 2. The second-order valence-electron chi connectivity index (χ2n) is 6.69. The molecule has 0 bridgehead atoms. The van der Waals surface area contributed by atoms with Gasteiger partial charge < -0.3 is 4.74 Å². The van der Waals surface area contributed by atoms with Crippen molar-refractivity contribution in [1.29, 1.82) is 0 Å². The molecule has 0 saturated carbocycles. The number of Topliss-reactive ketones (excluding diaryl/α,β-unsaturated/α-hetero) is 1. The summed E-state index contributed by atoms with van der Waals surface area (Å²) in [5.74, 6) is -0.884. The molecule has 2 aliphatic rings. The van der Waals surface area contributed by atoms with Crippen LogP contribution in [0.3, 0.4) is 0 Å². The van der Waals surface area contributed by atoms with Crippen molar-refractivity contribution in [3.63, 3.8) is 0 Å². The fraction of sp³-hybridized carbons (Fsp3) is 0.250. The Bertz CT molecular complexity index is 1110. The van der Waals surface area contributed by atoms with Gasteiger partial charge in [0.05, 0.1) is 4.90 Å². The lowest BCUT2D eigenvalue weighted by atomic mass is 10.0. The zero-order valence-corrected chi connectivity index (χ0v) is 15.8. The quantitative estimate of drug-likeness (QED) is 0.609. The van der Waals surface area contributed by atoms with E-state index in [0.29, 0.717) is 11.1 Å². The summed E-state index contributed by atoms with van der Waals surface area (Å²) < 4.78 is 31.3. The molecule has 1 aliphatic heterocycles. The van der Waals surface area contributed by atoms with Crippen LogP contribution in [0.2, 0.25) is 0 Å². The van der Waals surface area contributed by atoms with Crippen LogP contribution in [0.4, 0.5) is 0 Å². The average Bonchev–Trinajstić information content (AvgIpc) is 3.26. The van der Waals surface area contributed by atoms with Crippen LogP contribution < -0.4 is 4.72 Å². The SMILES string of the molecule is O=C(CN=C1NS(=O)(=O)c2ccccc21)OCC(=O)c1ccc2c(c1)CCC2. The van der Waals surface area contributed by atoms with E-state index >= 15 is 0 Å². The minimum atomic E-state index is -3.66. The molecule has 0 amide bonds. The maximum atomic E-state index is 12.3. The number of aryl methyl sites for hydroxylation is 2. The summed E-state index contributed by atoms with van der Waals surface area (Å²) in [6.45, 7) is -0.756. The molecule has 0 unspecified atom stereocenters. The molecule has 0 spiro atoms. The van der Waals surface area contributed by atoms with Gasteiger partial charge in [0, 0.05) is 11.1 Å². The lowest BCUT2D eigenvalue weighted by molar-refractivity contribution is -0.140. The molecule has 1 aliphatic carbocycles. The molecule has 0 fully saturated rings. The maximum absolute atomic E-state index is 12.3. The summed E-state index contributed by atoms with van der Waals surface area (Å²) in [5, 5.41) is 0. The third-order valence-electron chi connectivity index (χ3n) is 4.81. The van der Waals surface area contributed by atoms with Gasteiger partial charge in [-0.05, 0) is 48.6 Å². The number of esters is 1. The van der Waals surface area contributed by atoms with E-state index in [2.05, 4.69) is 9.71 Å². The number of ketones is 1. The van der Waals surface area contributed by atoms with Crippen molar-refractivity contribution in [3.05, 3.63) is 64.7 Å². The van der Waals surface area contributed by atoms with Gasteiger partial charge in [-0.25, -0.2) is 8.42 Å². The van der Waals surface area contributed by atoms with Crippen molar-refractivity contribution in [1.82, 2.24) is 4.72 Å². The fourth-order valence-electron chi connectivity index (χ4n) is 3.42. The topological polar surface area (TPSA) is 102 Å². The van der Waals surface area contributed by atoms with Crippen LogP contribution in [0.5, 0.6) is 0 Å². The van der Waals surface area contributed by atoms with Crippen LogP contribution in [0.25, 0.3) is 0 Å². The predicted octanol–water partition coefficient (Wildman–Crippen LogP) is 1.64. The lowest BCUT2D eigenvalue weighted by Crippen LogP contribution is -2.24. The Morgan fingerprint density at radius 1 is 1.07 bits per heavy atom. The van der Waals surface area contributed by atoms with Gasteiger partial charge in [-0.15, -0.1) is 0 Å². The van der Waals surface area contributed by atoms with Gasteiger partial charge >= 0.3 is 5.97 Å². The van der Waals surface area contributed by atoms with E-state index in [1.807, 2.05) is 12.1 Å². The van der Waals surface area contributed by atoms with Gasteiger partial charge in [-0.3, -0.25) is 19.3 Å². The molecule has 1 heterocycles. The van der Waals surface area contributed by atoms with Crippen LogP contribution in [0, 0.1) is 0 Å². The summed E-state index contributed by atoms with van der Waals surface area (Å²) in [4.78, 5) is 28.3. The first-order chi connectivity index (χ1) is 13.4. The van der Waals surface area contributed by atoms with Crippen molar-refractivity contribution in [2.45, 2.75) is 24.2 Å². The number of ether oxygens (including phenoxy) is 1. The molecule has 28 heavy (non-hydrogen) atoms. The highest BCUT2D eigenvalue weighted by molar-refractivity contribution is 7.90. The largest absolute Gasteiger partial charge is 0.456 e. The monoisotopic (exact) mass is 398 g/mol. The molecule has 2 aromatic rings. The highest BCUT2D eigenvalue weighted by Gasteiger charge is 2.30. The highest BCUT2D eigenvalue weighted by Crippen LogP contribution is 2.23. The van der Waals surface area contributed by atoms with E-state index < -0.39 is 16.0 Å². The predicted molar refractivity (Wildman–Crippen MR) is 102 cm³/mol. The Morgan fingerprint density at radius 2 is 1.86 bits per heavy atom. The van der Waals surface area contributed by atoms with E-state index in [0.717, 1.165) is 19.3 Å². The molecule has 0 atom stereocenters. The van der Waals surface area contributed by atoms with Crippen molar-refractivity contribution < 1.29 is 22.7 Å². The zero-order valence-electron chi connectivity index (χ0n) is 15.0. The molecule has 1 N–H and O–H groups in total. The van der Waals surface area contributed by atoms with Crippen LogP contribution in [-0.4, -0.2) is 39.2 Å². The Labute approximate surface area is 162 Å². The standard InChI is InChI=1S/C20H18N2O5S/c23-17(15-9-8-13-4-3-5-14(13)10-15)12-27-19(24)11-21-20-16-6-1-2-7-18(16)28(25,26)22-20/h1-2,6-10H,3-5,11-12H2,(H,21,22). The van der Waals surface area contributed by atoms with E-state index in [4.69, 9.17) is 4.74 Å². The number of aliphatic imine (C=N–C) groups is 1.